The van der Waals surface area contributed by atoms with Crippen LogP contribution in [0.2, 0.25) is 0 Å². The van der Waals surface area contributed by atoms with Crippen LogP contribution in [0.1, 0.15) is 50.8 Å². The predicted octanol–water partition coefficient (Wildman–Crippen LogP) is 4.64. The van der Waals surface area contributed by atoms with Crippen LogP contribution in [0.15, 0.2) is 36.8 Å². The highest BCUT2D eigenvalue weighted by molar-refractivity contribution is 5.75. The molecular formula is C26H29FN6O4. The average molecular weight is 509 g/mol. The Labute approximate surface area is 213 Å². The lowest BCUT2D eigenvalue weighted by Gasteiger charge is -2.30. The van der Waals surface area contributed by atoms with Crippen molar-refractivity contribution in [1.29, 1.82) is 0 Å². The molecule has 0 radical (unpaired) electrons. The Morgan fingerprint density at radius 3 is 2.70 bits per heavy atom. The third-order valence-electron chi connectivity index (χ3n) is 6.20. The average Bonchev–Trinajstić information content (AvgIpc) is 3.38. The Hall–Kier alpha value is -4.15. The van der Waals surface area contributed by atoms with Gasteiger partial charge >= 0.3 is 6.09 Å². The van der Waals surface area contributed by atoms with Crippen LogP contribution in [0.5, 0.6) is 11.5 Å². The first-order valence-corrected chi connectivity index (χ1v) is 12.0. The number of aromatic hydroxyl groups is 1. The minimum atomic E-state index is -0.573. The Morgan fingerprint density at radius 2 is 2.00 bits per heavy atom. The van der Waals surface area contributed by atoms with E-state index >= 15 is 0 Å². The van der Waals surface area contributed by atoms with Crippen LogP contribution in [0.4, 0.5) is 9.18 Å². The standard InChI is InChI=1S/C26H29FN6O4/c1-15-20-14-31(25(35)37-26(3,4)5)8-9-32(20)30-23(15)17-10-22(24-21(34)12-29-33(24)13-17)36-16(2)19-7-6-18(27)11-28-19/h6-7,10-13,16,34H,8-9,14H2,1-5H3. The van der Waals surface area contributed by atoms with Gasteiger partial charge in [-0.15, -0.1) is 0 Å². The van der Waals surface area contributed by atoms with Gasteiger partial charge in [-0.2, -0.15) is 10.2 Å². The number of pyridine rings is 2. The lowest BCUT2D eigenvalue weighted by atomic mass is 10.1. The summed E-state index contributed by atoms with van der Waals surface area (Å²) in [7, 11) is 0. The number of amides is 1. The van der Waals surface area contributed by atoms with Gasteiger partial charge in [-0.25, -0.2) is 13.7 Å². The van der Waals surface area contributed by atoms with Gasteiger partial charge in [0.05, 0.1) is 42.6 Å². The van der Waals surface area contributed by atoms with Crippen LogP contribution >= 0.6 is 0 Å². The minimum Gasteiger partial charge on any atom is -0.504 e. The number of nitrogens with zero attached hydrogens (tertiary/aromatic N) is 6. The number of aromatic nitrogens is 5. The zero-order valence-corrected chi connectivity index (χ0v) is 21.4. The van der Waals surface area contributed by atoms with Gasteiger partial charge in [-0.1, -0.05) is 0 Å². The summed E-state index contributed by atoms with van der Waals surface area (Å²) in [4.78, 5) is 18.4. The lowest BCUT2D eigenvalue weighted by molar-refractivity contribution is 0.0194. The van der Waals surface area contributed by atoms with E-state index in [9.17, 15) is 14.3 Å². The molecule has 1 atom stereocenters. The summed E-state index contributed by atoms with van der Waals surface area (Å²) in [6.07, 6.45) is 3.38. The van der Waals surface area contributed by atoms with Crippen molar-refractivity contribution < 1.29 is 23.8 Å². The molecule has 1 aliphatic rings. The molecule has 10 nitrogen and oxygen atoms in total. The molecule has 4 aromatic rings. The topological polar surface area (TPSA) is 107 Å². The lowest BCUT2D eigenvalue weighted by Crippen LogP contribution is -2.41. The SMILES string of the molecule is Cc1c(-c2cc(OC(C)c3ccc(F)cn3)c3c(O)cnn3c2)nn2c1CN(C(=O)OC(C)(C)C)CC2. The summed E-state index contributed by atoms with van der Waals surface area (Å²) >= 11 is 0. The Kier molecular flexibility index (Phi) is 6.01. The molecule has 37 heavy (non-hydrogen) atoms. The summed E-state index contributed by atoms with van der Waals surface area (Å²) in [5, 5.41) is 19.5. The summed E-state index contributed by atoms with van der Waals surface area (Å²) < 4.78 is 28.5. The number of ether oxygens (including phenoxy) is 2. The maximum Gasteiger partial charge on any atom is 0.410 e. The van der Waals surface area contributed by atoms with Gasteiger partial charge in [0.25, 0.3) is 0 Å². The molecule has 0 saturated carbocycles. The monoisotopic (exact) mass is 508 g/mol. The fraction of sp³-hybridized carbons (Fsp3) is 0.385. The van der Waals surface area contributed by atoms with Crippen molar-refractivity contribution in [2.75, 3.05) is 6.54 Å². The highest BCUT2D eigenvalue weighted by atomic mass is 19.1. The summed E-state index contributed by atoms with van der Waals surface area (Å²) in [6.45, 7) is 10.7. The van der Waals surface area contributed by atoms with Crippen molar-refractivity contribution in [3.63, 3.8) is 0 Å². The van der Waals surface area contributed by atoms with Crippen LogP contribution in [-0.4, -0.2) is 52.6 Å². The van der Waals surface area contributed by atoms with Crippen LogP contribution < -0.4 is 4.74 Å². The first kappa shape index (κ1) is 24.5. The summed E-state index contributed by atoms with van der Waals surface area (Å²) in [5.41, 5.74) is 3.65. The van der Waals surface area contributed by atoms with Crippen molar-refractivity contribution in [3.8, 4) is 22.8 Å². The van der Waals surface area contributed by atoms with E-state index in [1.165, 1.54) is 16.8 Å². The Morgan fingerprint density at radius 1 is 1.22 bits per heavy atom. The molecule has 0 bridgehead atoms. The largest absolute Gasteiger partial charge is 0.504 e. The molecular weight excluding hydrogens is 479 g/mol. The second-order valence-electron chi connectivity index (χ2n) is 10.1. The van der Waals surface area contributed by atoms with Crippen molar-refractivity contribution in [2.24, 2.45) is 0 Å². The number of carbonyl (C=O) groups excluding carboxylic acids is 1. The molecule has 5 rings (SSSR count). The number of fused-ring (bicyclic) bond motifs is 2. The van der Waals surface area contributed by atoms with Crippen molar-refractivity contribution in [2.45, 2.75) is 59.4 Å². The van der Waals surface area contributed by atoms with Gasteiger partial charge in [0.1, 0.15) is 23.0 Å². The van der Waals surface area contributed by atoms with E-state index < -0.39 is 17.5 Å². The van der Waals surface area contributed by atoms with E-state index in [1.807, 2.05) is 32.4 Å². The van der Waals surface area contributed by atoms with Gasteiger partial charge in [-0.05, 0) is 52.8 Å². The molecule has 1 unspecified atom stereocenters. The van der Waals surface area contributed by atoms with E-state index in [0.717, 1.165) is 28.7 Å². The second kappa shape index (κ2) is 9.06. The summed E-state index contributed by atoms with van der Waals surface area (Å²) in [6, 6.07) is 4.68. The normalized spacial score (nSPS) is 14.5. The fourth-order valence-electron chi connectivity index (χ4n) is 4.37. The molecule has 5 heterocycles. The molecule has 194 valence electrons. The minimum absolute atomic E-state index is 0.0327. The quantitative estimate of drug-likeness (QED) is 0.428. The smallest absolute Gasteiger partial charge is 0.410 e. The third-order valence-corrected chi connectivity index (χ3v) is 6.20. The maximum atomic E-state index is 13.3. The molecule has 0 saturated heterocycles. The van der Waals surface area contributed by atoms with E-state index in [1.54, 1.807) is 30.2 Å². The van der Waals surface area contributed by atoms with Crippen molar-refractivity contribution >= 4 is 11.6 Å². The first-order valence-electron chi connectivity index (χ1n) is 12.0. The molecule has 0 fully saturated rings. The van der Waals surface area contributed by atoms with Gasteiger partial charge in [0.15, 0.2) is 11.5 Å². The van der Waals surface area contributed by atoms with E-state index in [-0.39, 0.29) is 11.8 Å². The van der Waals surface area contributed by atoms with Crippen LogP contribution in [0, 0.1) is 12.7 Å². The molecule has 1 N–H and O–H groups in total. The predicted molar refractivity (Wildman–Crippen MR) is 133 cm³/mol. The third kappa shape index (κ3) is 4.81. The number of halogens is 1. The second-order valence-corrected chi connectivity index (χ2v) is 10.1. The zero-order chi connectivity index (χ0) is 26.5. The molecule has 11 heteroatoms. The van der Waals surface area contributed by atoms with E-state index in [2.05, 4.69) is 10.1 Å². The first-order chi connectivity index (χ1) is 17.5. The highest BCUT2D eigenvalue weighted by Crippen LogP contribution is 2.36. The van der Waals surface area contributed by atoms with Gasteiger partial charge in [0, 0.05) is 23.9 Å². The van der Waals surface area contributed by atoms with Gasteiger partial charge in [-0.3, -0.25) is 9.67 Å². The number of hydrogen-bond donors (Lipinski definition) is 1. The van der Waals surface area contributed by atoms with Crippen LogP contribution in [-0.2, 0) is 17.8 Å². The Balaban J connectivity index is 1.49. The summed E-state index contributed by atoms with van der Waals surface area (Å²) in [5.74, 6) is -0.0835. The molecule has 0 spiro atoms. The highest BCUT2D eigenvalue weighted by Gasteiger charge is 2.29. The van der Waals surface area contributed by atoms with E-state index in [0.29, 0.717) is 36.6 Å². The van der Waals surface area contributed by atoms with Crippen LogP contribution in [0.25, 0.3) is 16.8 Å². The molecule has 1 amide bonds. The van der Waals surface area contributed by atoms with Crippen molar-refractivity contribution in [3.05, 3.63) is 59.6 Å². The Bertz CT molecular complexity index is 1470. The molecule has 1 aliphatic heterocycles. The zero-order valence-electron chi connectivity index (χ0n) is 21.4. The fourth-order valence-corrected chi connectivity index (χ4v) is 4.37. The van der Waals surface area contributed by atoms with Crippen molar-refractivity contribution in [1.82, 2.24) is 29.3 Å². The molecule has 0 aromatic carbocycles. The maximum absolute atomic E-state index is 13.3. The van der Waals surface area contributed by atoms with E-state index in [4.69, 9.17) is 14.6 Å². The van der Waals surface area contributed by atoms with Crippen LogP contribution in [0.3, 0.4) is 0 Å². The number of rotatable bonds is 4. The number of hydrogen-bond acceptors (Lipinski definition) is 7. The van der Waals surface area contributed by atoms with Gasteiger partial charge in [0.2, 0.25) is 0 Å². The molecule has 0 aliphatic carbocycles. The molecule has 4 aromatic heterocycles. The number of carbonyl (C=O) groups is 1. The van der Waals surface area contributed by atoms with Gasteiger partial charge < -0.3 is 19.5 Å².